The fourth-order valence-electron chi connectivity index (χ4n) is 1.37. The van der Waals surface area contributed by atoms with Crippen molar-refractivity contribution in [2.45, 2.75) is 18.9 Å². The molecular formula is C9H19NO2S2. The molecule has 0 radical (unpaired) electrons. The van der Waals surface area contributed by atoms with E-state index >= 15 is 0 Å². The molecule has 84 valence electrons. The molecular weight excluding hydrogens is 218 g/mol. The van der Waals surface area contributed by atoms with Gasteiger partial charge < -0.3 is 5.32 Å². The van der Waals surface area contributed by atoms with E-state index < -0.39 is 9.84 Å². The Hall–Kier alpha value is 0.260. The quantitative estimate of drug-likeness (QED) is 0.664. The zero-order chi connectivity index (χ0) is 10.6. The van der Waals surface area contributed by atoms with Crippen LogP contribution in [0.15, 0.2) is 0 Å². The minimum atomic E-state index is -2.77. The second kappa shape index (κ2) is 5.37. The molecule has 0 aromatic heterocycles. The summed E-state index contributed by atoms with van der Waals surface area (Å²) in [7, 11) is -0.788. The predicted molar refractivity (Wildman–Crippen MR) is 62.6 cm³/mol. The molecule has 5 heteroatoms. The lowest BCUT2D eigenvalue weighted by Crippen LogP contribution is -2.30. The highest BCUT2D eigenvalue weighted by Gasteiger charge is 2.29. The van der Waals surface area contributed by atoms with Crippen molar-refractivity contribution < 1.29 is 8.42 Å². The van der Waals surface area contributed by atoms with Crippen molar-refractivity contribution in [3.05, 3.63) is 0 Å². The number of hydrogen-bond donors (Lipinski definition) is 1. The van der Waals surface area contributed by atoms with Crippen molar-refractivity contribution in [3.63, 3.8) is 0 Å². The molecule has 1 fully saturated rings. The van der Waals surface area contributed by atoms with Gasteiger partial charge in [-0.15, -0.1) is 0 Å². The van der Waals surface area contributed by atoms with Gasteiger partial charge in [-0.1, -0.05) is 0 Å². The summed E-state index contributed by atoms with van der Waals surface area (Å²) < 4.78 is 21.7. The molecule has 1 saturated carbocycles. The first kappa shape index (κ1) is 12.3. The minimum absolute atomic E-state index is 0.304. The van der Waals surface area contributed by atoms with Crippen LogP contribution in [0, 0.1) is 5.92 Å². The number of rotatable bonds is 7. The van der Waals surface area contributed by atoms with Crippen LogP contribution < -0.4 is 5.32 Å². The van der Waals surface area contributed by atoms with Crippen molar-refractivity contribution in [2.75, 3.05) is 30.6 Å². The average Bonchev–Trinajstić information content (AvgIpc) is 2.86. The third kappa shape index (κ3) is 5.22. The number of nitrogens with one attached hydrogen (secondary N) is 1. The maximum absolute atomic E-state index is 10.9. The Balaban J connectivity index is 2.07. The first-order chi connectivity index (χ1) is 6.53. The maximum atomic E-state index is 10.9. The van der Waals surface area contributed by atoms with Crippen LogP contribution in [0.1, 0.15) is 12.8 Å². The second-order valence-electron chi connectivity index (χ2n) is 3.94. The van der Waals surface area contributed by atoms with E-state index in [1.807, 2.05) is 7.05 Å². The molecule has 1 unspecified atom stereocenters. The van der Waals surface area contributed by atoms with E-state index in [2.05, 4.69) is 5.32 Å². The Bertz CT molecular complexity index is 260. The molecule has 0 spiro atoms. The van der Waals surface area contributed by atoms with E-state index in [0.717, 1.165) is 17.4 Å². The van der Waals surface area contributed by atoms with Crippen LogP contribution in [0.4, 0.5) is 0 Å². The van der Waals surface area contributed by atoms with Crippen LogP contribution in [0.25, 0.3) is 0 Å². The monoisotopic (exact) mass is 237 g/mol. The first-order valence-corrected chi connectivity index (χ1v) is 8.17. The molecule has 1 atom stereocenters. The summed E-state index contributed by atoms with van der Waals surface area (Å²) in [5.41, 5.74) is 0. The molecule has 1 rings (SSSR count). The lowest BCUT2D eigenvalue weighted by Gasteiger charge is -2.14. The molecule has 0 bridgehead atoms. The smallest absolute Gasteiger partial charge is 0.148 e. The van der Waals surface area contributed by atoms with E-state index in [0.29, 0.717) is 11.8 Å². The number of hydrogen-bond acceptors (Lipinski definition) is 4. The molecule has 0 saturated heterocycles. The molecule has 3 nitrogen and oxygen atoms in total. The second-order valence-corrected chi connectivity index (χ2v) is 7.35. The summed E-state index contributed by atoms with van der Waals surface area (Å²) in [5, 5.41) is 3.29. The summed E-state index contributed by atoms with van der Waals surface area (Å²) in [6, 6.07) is 0.583. The Morgan fingerprint density at radius 3 is 2.57 bits per heavy atom. The molecule has 0 aromatic carbocycles. The largest absolute Gasteiger partial charge is 0.316 e. The highest BCUT2D eigenvalue weighted by molar-refractivity contribution is 8.00. The van der Waals surface area contributed by atoms with Crippen molar-refractivity contribution >= 4 is 21.6 Å². The Morgan fingerprint density at radius 2 is 2.14 bits per heavy atom. The van der Waals surface area contributed by atoms with Gasteiger partial charge in [-0.25, -0.2) is 8.42 Å². The van der Waals surface area contributed by atoms with Crippen molar-refractivity contribution in [3.8, 4) is 0 Å². The van der Waals surface area contributed by atoms with Gasteiger partial charge in [0.05, 0.1) is 5.75 Å². The van der Waals surface area contributed by atoms with Crippen LogP contribution >= 0.6 is 11.8 Å². The van der Waals surface area contributed by atoms with Gasteiger partial charge in [0.25, 0.3) is 0 Å². The Labute approximate surface area is 91.0 Å². The summed E-state index contributed by atoms with van der Waals surface area (Å²) in [6.07, 6.45) is 3.96. The van der Waals surface area contributed by atoms with Gasteiger partial charge in [0.1, 0.15) is 9.84 Å². The van der Waals surface area contributed by atoms with Crippen LogP contribution in [0.3, 0.4) is 0 Å². The third-order valence-corrected chi connectivity index (χ3v) is 4.75. The van der Waals surface area contributed by atoms with Gasteiger partial charge in [0, 0.05) is 23.8 Å². The van der Waals surface area contributed by atoms with Crippen LogP contribution in [-0.2, 0) is 9.84 Å². The summed E-state index contributed by atoms with van der Waals surface area (Å²) in [4.78, 5) is 0. The van der Waals surface area contributed by atoms with Gasteiger partial charge in [-0.2, -0.15) is 11.8 Å². The van der Waals surface area contributed by atoms with Crippen molar-refractivity contribution in [2.24, 2.45) is 5.92 Å². The van der Waals surface area contributed by atoms with Gasteiger partial charge in [-0.3, -0.25) is 0 Å². The summed E-state index contributed by atoms with van der Waals surface area (Å²) >= 11 is 1.74. The van der Waals surface area contributed by atoms with Gasteiger partial charge in [-0.05, 0) is 25.8 Å². The maximum Gasteiger partial charge on any atom is 0.148 e. The highest BCUT2D eigenvalue weighted by Crippen LogP contribution is 2.33. The molecule has 14 heavy (non-hydrogen) atoms. The van der Waals surface area contributed by atoms with Gasteiger partial charge in [0.2, 0.25) is 0 Å². The standard InChI is InChI=1S/C9H19NO2S2/c1-10-9(8-3-4-8)7-13-5-6-14(2,11)12/h8-10H,3-7H2,1-2H3. The molecule has 0 aliphatic heterocycles. The number of sulfone groups is 1. The van der Waals surface area contributed by atoms with E-state index in [1.165, 1.54) is 19.1 Å². The fourth-order valence-corrected chi connectivity index (χ4v) is 3.92. The Morgan fingerprint density at radius 1 is 1.50 bits per heavy atom. The molecule has 0 aromatic rings. The van der Waals surface area contributed by atoms with E-state index in [1.54, 1.807) is 11.8 Å². The topological polar surface area (TPSA) is 46.2 Å². The first-order valence-electron chi connectivity index (χ1n) is 4.95. The zero-order valence-electron chi connectivity index (χ0n) is 8.82. The van der Waals surface area contributed by atoms with Crippen LogP contribution in [0.2, 0.25) is 0 Å². The SMILES string of the molecule is CNC(CSCCS(C)(=O)=O)C1CC1. The number of thioether (sulfide) groups is 1. The van der Waals surface area contributed by atoms with E-state index in [4.69, 9.17) is 0 Å². The van der Waals surface area contributed by atoms with Gasteiger partial charge >= 0.3 is 0 Å². The van der Waals surface area contributed by atoms with Gasteiger partial charge in [0.15, 0.2) is 0 Å². The summed E-state index contributed by atoms with van der Waals surface area (Å²) in [6.45, 7) is 0. The van der Waals surface area contributed by atoms with E-state index in [9.17, 15) is 8.42 Å². The Kier molecular flexibility index (Phi) is 4.73. The average molecular weight is 237 g/mol. The van der Waals surface area contributed by atoms with Crippen LogP contribution in [0.5, 0.6) is 0 Å². The zero-order valence-corrected chi connectivity index (χ0v) is 10.5. The molecule has 0 heterocycles. The predicted octanol–water partition coefficient (Wildman–Crippen LogP) is 0.762. The van der Waals surface area contributed by atoms with Crippen molar-refractivity contribution in [1.82, 2.24) is 5.32 Å². The van der Waals surface area contributed by atoms with E-state index in [-0.39, 0.29) is 0 Å². The summed E-state index contributed by atoms with van der Waals surface area (Å²) in [5.74, 6) is 2.91. The van der Waals surface area contributed by atoms with Crippen LogP contribution in [-0.4, -0.2) is 45.0 Å². The minimum Gasteiger partial charge on any atom is -0.316 e. The molecule has 1 N–H and O–H groups in total. The molecule has 1 aliphatic carbocycles. The molecule has 0 amide bonds. The lowest BCUT2D eigenvalue weighted by molar-refractivity contribution is 0.554. The fraction of sp³-hybridized carbons (Fsp3) is 1.00. The normalized spacial score (nSPS) is 19.6. The lowest BCUT2D eigenvalue weighted by atomic mass is 10.2. The molecule has 1 aliphatic rings. The van der Waals surface area contributed by atoms with Crippen molar-refractivity contribution in [1.29, 1.82) is 0 Å². The third-order valence-electron chi connectivity index (χ3n) is 2.46. The highest BCUT2D eigenvalue weighted by atomic mass is 32.2.